The number of methoxy groups -OCH3 is 1. The molecule has 178 valence electrons. The van der Waals surface area contributed by atoms with Crippen LogP contribution in [0.5, 0.6) is 5.75 Å². The molecule has 0 aliphatic heterocycles. The fourth-order valence-electron chi connectivity index (χ4n) is 3.49. The maximum absolute atomic E-state index is 12.8. The van der Waals surface area contributed by atoms with Crippen molar-refractivity contribution < 1.29 is 22.7 Å². The first kappa shape index (κ1) is 23.9. The van der Waals surface area contributed by atoms with Crippen molar-refractivity contribution in [2.75, 3.05) is 7.11 Å². The van der Waals surface area contributed by atoms with E-state index < -0.39 is 10.0 Å². The molecular weight excluding hydrogens is 452 g/mol. The van der Waals surface area contributed by atoms with Gasteiger partial charge in [-0.05, 0) is 47.7 Å². The molecule has 1 saturated carbocycles. The highest BCUT2D eigenvalue weighted by Gasteiger charge is 2.30. The van der Waals surface area contributed by atoms with Gasteiger partial charge < -0.3 is 14.8 Å². The predicted molar refractivity (Wildman–Crippen MR) is 129 cm³/mol. The topological polar surface area (TPSA) is 93.7 Å². The van der Waals surface area contributed by atoms with Crippen LogP contribution in [-0.2, 0) is 34.5 Å². The Morgan fingerprint density at radius 3 is 2.35 bits per heavy atom. The van der Waals surface area contributed by atoms with Gasteiger partial charge in [0.2, 0.25) is 10.0 Å². The smallest absolute Gasteiger partial charge is 0.251 e. The summed E-state index contributed by atoms with van der Waals surface area (Å²) < 4.78 is 39.0. The molecule has 7 nitrogen and oxygen atoms in total. The fourth-order valence-corrected chi connectivity index (χ4v) is 4.99. The Bertz CT molecular complexity index is 1240. The van der Waals surface area contributed by atoms with E-state index in [1.807, 2.05) is 54.6 Å². The van der Waals surface area contributed by atoms with Gasteiger partial charge in [-0.1, -0.05) is 54.6 Å². The standard InChI is InChI=1S/C26H28N2O5S/c1-32-24-13-10-22(15-25(24)34(30,31)28-23-11-12-23)26(29)27-16-20-8-5-9-21(14-20)18-33-17-19-6-3-2-4-7-19/h2-10,13-15,23,28H,11-12,16-18H2,1H3,(H,27,29). The zero-order valence-electron chi connectivity index (χ0n) is 19.0. The van der Waals surface area contributed by atoms with E-state index in [9.17, 15) is 13.2 Å². The molecule has 8 heteroatoms. The van der Waals surface area contributed by atoms with Crippen molar-refractivity contribution in [3.8, 4) is 5.75 Å². The van der Waals surface area contributed by atoms with Crippen LogP contribution < -0.4 is 14.8 Å². The van der Waals surface area contributed by atoms with Crippen LogP contribution in [0.1, 0.15) is 39.9 Å². The zero-order valence-corrected chi connectivity index (χ0v) is 19.8. The number of benzene rings is 3. The number of hydrogen-bond donors (Lipinski definition) is 2. The van der Waals surface area contributed by atoms with E-state index in [-0.39, 0.29) is 28.2 Å². The molecule has 3 aromatic carbocycles. The van der Waals surface area contributed by atoms with E-state index in [4.69, 9.17) is 9.47 Å². The summed E-state index contributed by atoms with van der Waals surface area (Å²) >= 11 is 0. The first-order chi connectivity index (χ1) is 16.4. The van der Waals surface area contributed by atoms with E-state index in [1.54, 1.807) is 6.07 Å². The summed E-state index contributed by atoms with van der Waals surface area (Å²) in [6.07, 6.45) is 1.64. The average Bonchev–Trinajstić information content (AvgIpc) is 3.66. The summed E-state index contributed by atoms with van der Waals surface area (Å²) in [5.74, 6) is -0.163. The lowest BCUT2D eigenvalue weighted by atomic mass is 10.1. The monoisotopic (exact) mass is 480 g/mol. The molecule has 0 heterocycles. The van der Waals surface area contributed by atoms with Gasteiger partial charge in [0.1, 0.15) is 10.6 Å². The zero-order chi connectivity index (χ0) is 24.0. The normalized spacial score (nSPS) is 13.4. The second-order valence-corrected chi connectivity index (χ2v) is 9.92. The number of sulfonamides is 1. The predicted octanol–water partition coefficient (Wildman–Crippen LogP) is 3.78. The van der Waals surface area contributed by atoms with Crippen molar-refractivity contribution in [1.82, 2.24) is 10.0 Å². The molecule has 1 aliphatic rings. The molecule has 2 N–H and O–H groups in total. The molecule has 0 unspecified atom stereocenters. The second-order valence-electron chi connectivity index (χ2n) is 8.24. The van der Waals surface area contributed by atoms with Crippen LogP contribution in [0.15, 0.2) is 77.7 Å². The highest BCUT2D eigenvalue weighted by Crippen LogP contribution is 2.28. The molecule has 34 heavy (non-hydrogen) atoms. The summed E-state index contributed by atoms with van der Waals surface area (Å²) in [7, 11) is -2.36. The number of nitrogens with one attached hydrogen (secondary N) is 2. The fraction of sp³-hybridized carbons (Fsp3) is 0.269. The quantitative estimate of drug-likeness (QED) is 0.436. The van der Waals surface area contributed by atoms with Gasteiger partial charge >= 0.3 is 0 Å². The molecule has 1 fully saturated rings. The van der Waals surface area contributed by atoms with Crippen molar-refractivity contribution in [3.05, 3.63) is 95.1 Å². The van der Waals surface area contributed by atoms with Crippen molar-refractivity contribution in [2.45, 2.75) is 43.5 Å². The molecule has 4 rings (SSSR count). The van der Waals surface area contributed by atoms with Crippen molar-refractivity contribution in [1.29, 1.82) is 0 Å². The SMILES string of the molecule is COc1ccc(C(=O)NCc2cccc(COCc3ccccc3)c2)cc1S(=O)(=O)NC1CC1. The summed E-state index contributed by atoms with van der Waals surface area (Å²) in [6, 6.07) is 22.1. The van der Waals surface area contributed by atoms with Gasteiger partial charge in [-0.2, -0.15) is 0 Å². The number of hydrogen-bond acceptors (Lipinski definition) is 5. The molecule has 1 amide bonds. The maximum atomic E-state index is 12.8. The van der Waals surface area contributed by atoms with Crippen LogP contribution in [0.3, 0.4) is 0 Å². The molecule has 0 radical (unpaired) electrons. The van der Waals surface area contributed by atoms with Crippen LogP contribution in [0.25, 0.3) is 0 Å². The molecule has 0 bridgehead atoms. The van der Waals surface area contributed by atoms with Crippen LogP contribution in [0.4, 0.5) is 0 Å². The summed E-state index contributed by atoms with van der Waals surface area (Å²) in [5.41, 5.74) is 3.29. The summed E-state index contributed by atoms with van der Waals surface area (Å²) in [6.45, 7) is 1.30. The van der Waals surface area contributed by atoms with Gasteiger partial charge in [-0.25, -0.2) is 13.1 Å². The highest BCUT2D eigenvalue weighted by molar-refractivity contribution is 7.89. The first-order valence-corrected chi connectivity index (χ1v) is 12.6. The molecule has 0 aromatic heterocycles. The summed E-state index contributed by atoms with van der Waals surface area (Å²) in [5, 5.41) is 2.86. The van der Waals surface area contributed by atoms with Gasteiger partial charge in [-0.15, -0.1) is 0 Å². The molecular formula is C26H28N2O5S. The highest BCUT2D eigenvalue weighted by atomic mass is 32.2. The Kier molecular flexibility index (Phi) is 7.62. The lowest BCUT2D eigenvalue weighted by Crippen LogP contribution is -2.27. The number of amides is 1. The van der Waals surface area contributed by atoms with E-state index >= 15 is 0 Å². The minimum absolute atomic E-state index is 0.0351. The number of rotatable bonds is 11. The van der Waals surface area contributed by atoms with Crippen molar-refractivity contribution >= 4 is 15.9 Å². The van der Waals surface area contributed by atoms with Crippen LogP contribution >= 0.6 is 0 Å². The van der Waals surface area contributed by atoms with Gasteiger partial charge in [0, 0.05) is 18.2 Å². The van der Waals surface area contributed by atoms with Crippen LogP contribution in [0, 0.1) is 0 Å². The average molecular weight is 481 g/mol. The minimum atomic E-state index is -3.77. The second kappa shape index (κ2) is 10.8. The molecule has 0 atom stereocenters. The minimum Gasteiger partial charge on any atom is -0.495 e. The largest absolute Gasteiger partial charge is 0.495 e. The van der Waals surface area contributed by atoms with Gasteiger partial charge in [0.15, 0.2) is 0 Å². The Hall–Kier alpha value is -3.20. The third kappa shape index (κ3) is 6.44. The Balaban J connectivity index is 1.37. The van der Waals surface area contributed by atoms with Gasteiger partial charge in [-0.3, -0.25) is 4.79 Å². The van der Waals surface area contributed by atoms with Crippen LogP contribution in [0.2, 0.25) is 0 Å². The molecule has 0 saturated heterocycles. The van der Waals surface area contributed by atoms with E-state index in [2.05, 4.69) is 10.0 Å². The maximum Gasteiger partial charge on any atom is 0.251 e. The molecule has 1 aliphatic carbocycles. The Morgan fingerprint density at radius 1 is 0.912 bits per heavy atom. The number of ether oxygens (including phenoxy) is 2. The third-order valence-electron chi connectivity index (χ3n) is 5.44. The lowest BCUT2D eigenvalue weighted by molar-refractivity contribution is 0.0950. The van der Waals surface area contributed by atoms with Crippen molar-refractivity contribution in [2.24, 2.45) is 0 Å². The van der Waals surface area contributed by atoms with Gasteiger partial charge in [0.05, 0.1) is 20.3 Å². The van der Waals surface area contributed by atoms with Gasteiger partial charge in [0.25, 0.3) is 5.91 Å². The lowest BCUT2D eigenvalue weighted by Gasteiger charge is -2.13. The van der Waals surface area contributed by atoms with Crippen LogP contribution in [-0.4, -0.2) is 27.5 Å². The van der Waals surface area contributed by atoms with Crippen molar-refractivity contribution in [3.63, 3.8) is 0 Å². The first-order valence-electron chi connectivity index (χ1n) is 11.1. The van der Waals surface area contributed by atoms with E-state index in [1.165, 1.54) is 19.2 Å². The summed E-state index contributed by atoms with van der Waals surface area (Å²) in [4.78, 5) is 12.7. The van der Waals surface area contributed by atoms with E-state index in [0.29, 0.717) is 19.8 Å². The van der Waals surface area contributed by atoms with E-state index in [0.717, 1.165) is 29.5 Å². The Labute approximate surface area is 200 Å². The molecule has 0 spiro atoms. The number of carbonyl (C=O) groups is 1. The third-order valence-corrected chi connectivity index (χ3v) is 6.98. The molecule has 3 aromatic rings. The number of carbonyl (C=O) groups excluding carboxylic acids is 1. The Morgan fingerprint density at radius 2 is 1.62 bits per heavy atom.